The fourth-order valence-electron chi connectivity index (χ4n) is 2.31. The molecule has 0 bridgehead atoms. The number of urea groups is 1. The van der Waals surface area contributed by atoms with Crippen LogP contribution in [0.1, 0.15) is 26.3 Å². The van der Waals surface area contributed by atoms with E-state index in [0.717, 1.165) is 28.7 Å². The molecule has 3 aromatic rings. The number of amides is 2. The number of nitrogens with two attached hydrogens (primary N) is 1. The summed E-state index contributed by atoms with van der Waals surface area (Å²) in [4.78, 5) is 16.4. The van der Waals surface area contributed by atoms with E-state index in [-0.39, 0.29) is 30.8 Å². The Morgan fingerprint density at radius 3 is 2.21 bits per heavy atom. The third-order valence-electron chi connectivity index (χ3n) is 3.52. The molecule has 5 nitrogen and oxygen atoms in total. The Hall–Kier alpha value is -2.34. The number of nitrogens with zero attached hydrogens (tertiary/aromatic N) is 1. The maximum atomic E-state index is 12.1. The molecule has 0 aliphatic rings. The Labute approximate surface area is 178 Å². The lowest BCUT2D eigenvalue weighted by Crippen LogP contribution is -2.19. The summed E-state index contributed by atoms with van der Waals surface area (Å²) < 4.78 is 0. The van der Waals surface area contributed by atoms with E-state index in [2.05, 4.69) is 22.5 Å². The maximum Gasteiger partial charge on any atom is 0.323 e. The molecule has 0 radical (unpaired) electrons. The highest BCUT2D eigenvalue weighted by Crippen LogP contribution is 2.21. The van der Waals surface area contributed by atoms with Crippen molar-refractivity contribution in [2.24, 2.45) is 5.73 Å². The Morgan fingerprint density at radius 2 is 1.61 bits per heavy atom. The standard InChI is InChI=1S/C18H17N3O.C3H9N.2ClH/c1-2-13-7-9-14(10-8-13)20-18(22)21-17-11-12-19-16-6-4-3-5-15(16)17;1-3(2)4;;/h3-12H,2H2,1H3,(H2,19,20,21,22);3H,4H2,1-2H3;2*1H. The summed E-state index contributed by atoms with van der Waals surface area (Å²) in [6.07, 6.45) is 2.67. The van der Waals surface area contributed by atoms with Crippen molar-refractivity contribution in [1.82, 2.24) is 4.98 Å². The molecule has 1 aromatic heterocycles. The quantitative estimate of drug-likeness (QED) is 0.510. The number of nitrogens with one attached hydrogen (secondary N) is 2. The van der Waals surface area contributed by atoms with Crippen LogP contribution in [0.2, 0.25) is 0 Å². The molecule has 0 aliphatic heterocycles. The van der Waals surface area contributed by atoms with Crippen molar-refractivity contribution in [3.63, 3.8) is 0 Å². The number of fused-ring (bicyclic) bond motifs is 1. The predicted molar refractivity (Wildman–Crippen MR) is 124 cm³/mol. The monoisotopic (exact) mass is 422 g/mol. The van der Waals surface area contributed by atoms with Gasteiger partial charge in [0.1, 0.15) is 0 Å². The first-order valence-corrected chi connectivity index (χ1v) is 8.76. The second-order valence-electron chi connectivity index (χ2n) is 6.25. The number of hydrogen-bond acceptors (Lipinski definition) is 3. The summed E-state index contributed by atoms with van der Waals surface area (Å²) in [5, 5.41) is 6.63. The summed E-state index contributed by atoms with van der Waals surface area (Å²) in [5.41, 5.74) is 8.72. The molecule has 7 heteroatoms. The van der Waals surface area contributed by atoms with Gasteiger partial charge in [0, 0.05) is 17.3 Å². The average molecular weight is 423 g/mol. The van der Waals surface area contributed by atoms with Crippen molar-refractivity contribution < 1.29 is 4.79 Å². The summed E-state index contributed by atoms with van der Waals surface area (Å²) in [6, 6.07) is 17.4. The van der Waals surface area contributed by atoms with Crippen molar-refractivity contribution in [2.45, 2.75) is 33.2 Å². The molecule has 3 rings (SSSR count). The summed E-state index contributed by atoms with van der Waals surface area (Å²) >= 11 is 0. The molecule has 2 amide bonds. The topological polar surface area (TPSA) is 80.0 Å². The number of aromatic nitrogens is 1. The van der Waals surface area contributed by atoms with E-state index in [4.69, 9.17) is 5.73 Å². The average Bonchev–Trinajstić information content (AvgIpc) is 2.62. The van der Waals surface area contributed by atoms with Crippen molar-refractivity contribution in [1.29, 1.82) is 0 Å². The van der Waals surface area contributed by atoms with Crippen LogP contribution in [0.4, 0.5) is 16.2 Å². The van der Waals surface area contributed by atoms with Gasteiger partial charge < -0.3 is 16.4 Å². The van der Waals surface area contributed by atoms with Gasteiger partial charge in [0.2, 0.25) is 0 Å². The highest BCUT2D eigenvalue weighted by atomic mass is 35.5. The van der Waals surface area contributed by atoms with Gasteiger partial charge in [0.15, 0.2) is 0 Å². The SMILES string of the molecule is CC(C)N.CCc1ccc(NC(=O)Nc2ccnc3ccccc23)cc1.Cl.Cl. The van der Waals surface area contributed by atoms with Crippen LogP contribution in [0.15, 0.2) is 60.8 Å². The van der Waals surface area contributed by atoms with E-state index in [1.54, 1.807) is 12.3 Å². The van der Waals surface area contributed by atoms with Crippen molar-refractivity contribution in [3.05, 3.63) is 66.4 Å². The smallest absolute Gasteiger partial charge is 0.323 e. The van der Waals surface area contributed by atoms with Gasteiger partial charge in [0.25, 0.3) is 0 Å². The molecule has 0 saturated carbocycles. The van der Waals surface area contributed by atoms with Crippen molar-refractivity contribution in [3.8, 4) is 0 Å². The Bertz CT molecular complexity index is 846. The first kappa shape index (κ1) is 25.7. The molecule has 0 atom stereocenters. The second kappa shape index (κ2) is 12.9. The number of pyridine rings is 1. The van der Waals surface area contributed by atoms with E-state index >= 15 is 0 Å². The highest BCUT2D eigenvalue weighted by molar-refractivity contribution is 6.05. The fourth-order valence-corrected chi connectivity index (χ4v) is 2.31. The fraction of sp³-hybridized carbons (Fsp3) is 0.238. The first-order valence-electron chi connectivity index (χ1n) is 8.76. The number of benzene rings is 2. The molecule has 0 unspecified atom stereocenters. The van der Waals surface area contributed by atoms with E-state index < -0.39 is 0 Å². The second-order valence-corrected chi connectivity index (χ2v) is 6.25. The number of carbonyl (C=O) groups is 1. The zero-order chi connectivity index (χ0) is 18.9. The number of anilines is 2. The van der Waals surface area contributed by atoms with Crippen LogP contribution in [-0.4, -0.2) is 17.1 Å². The molecular formula is C21H28Cl2N4O. The van der Waals surface area contributed by atoms with Gasteiger partial charge >= 0.3 is 6.03 Å². The molecule has 0 saturated heterocycles. The van der Waals surface area contributed by atoms with Gasteiger partial charge in [-0.25, -0.2) is 4.79 Å². The molecule has 0 spiro atoms. The molecule has 0 aliphatic carbocycles. The third-order valence-corrected chi connectivity index (χ3v) is 3.52. The summed E-state index contributed by atoms with van der Waals surface area (Å²) in [7, 11) is 0. The maximum absolute atomic E-state index is 12.1. The molecule has 152 valence electrons. The molecule has 4 N–H and O–H groups in total. The Balaban J connectivity index is 0.00000111. The zero-order valence-corrected chi connectivity index (χ0v) is 17.9. The number of carbonyl (C=O) groups excluding carboxylic acids is 1. The number of aryl methyl sites for hydroxylation is 1. The van der Waals surface area contributed by atoms with Crippen LogP contribution >= 0.6 is 24.8 Å². The zero-order valence-electron chi connectivity index (χ0n) is 16.3. The van der Waals surface area contributed by atoms with Crippen molar-refractivity contribution in [2.75, 3.05) is 10.6 Å². The lowest BCUT2D eigenvalue weighted by molar-refractivity contribution is 0.262. The van der Waals surface area contributed by atoms with Crippen LogP contribution in [0, 0.1) is 0 Å². The first-order chi connectivity index (χ1) is 12.5. The van der Waals surface area contributed by atoms with Gasteiger partial charge in [-0.3, -0.25) is 4.98 Å². The van der Waals surface area contributed by atoms with E-state index in [9.17, 15) is 4.79 Å². The van der Waals surface area contributed by atoms with Gasteiger partial charge in [0.05, 0.1) is 11.2 Å². The van der Waals surface area contributed by atoms with Crippen LogP contribution in [-0.2, 0) is 6.42 Å². The molecular weight excluding hydrogens is 395 g/mol. The normalized spacial score (nSPS) is 9.46. The molecule has 1 heterocycles. The summed E-state index contributed by atoms with van der Waals surface area (Å²) in [5.74, 6) is 0. The minimum absolute atomic E-state index is 0. The van der Waals surface area contributed by atoms with Crippen molar-refractivity contribution >= 4 is 53.1 Å². The van der Waals surface area contributed by atoms with E-state index in [0.29, 0.717) is 6.04 Å². The van der Waals surface area contributed by atoms with E-state index in [1.165, 1.54) is 5.56 Å². The molecule has 2 aromatic carbocycles. The minimum atomic E-state index is -0.263. The Kier molecular flexibility index (Phi) is 11.9. The lowest BCUT2D eigenvalue weighted by Gasteiger charge is -2.10. The van der Waals surface area contributed by atoms with Crippen LogP contribution < -0.4 is 16.4 Å². The van der Waals surface area contributed by atoms with Crippen LogP contribution in [0.25, 0.3) is 10.9 Å². The van der Waals surface area contributed by atoms with E-state index in [1.807, 2.05) is 62.4 Å². The van der Waals surface area contributed by atoms with Gasteiger partial charge in [-0.15, -0.1) is 24.8 Å². The van der Waals surface area contributed by atoms with Crippen LogP contribution in [0.5, 0.6) is 0 Å². The largest absolute Gasteiger partial charge is 0.328 e. The van der Waals surface area contributed by atoms with Gasteiger partial charge in [-0.2, -0.15) is 0 Å². The minimum Gasteiger partial charge on any atom is -0.328 e. The van der Waals surface area contributed by atoms with Gasteiger partial charge in [-0.1, -0.05) is 51.1 Å². The third kappa shape index (κ3) is 8.13. The number of hydrogen-bond donors (Lipinski definition) is 3. The predicted octanol–water partition coefficient (Wildman–Crippen LogP) is 5.64. The van der Waals surface area contributed by atoms with Gasteiger partial charge in [-0.05, 0) is 42.3 Å². The molecule has 28 heavy (non-hydrogen) atoms. The Morgan fingerprint density at radius 1 is 1.00 bits per heavy atom. The summed E-state index contributed by atoms with van der Waals surface area (Å²) in [6.45, 7) is 5.99. The lowest BCUT2D eigenvalue weighted by atomic mass is 10.1. The number of para-hydroxylation sites is 1. The van der Waals surface area contributed by atoms with Crippen LogP contribution in [0.3, 0.4) is 0 Å². The highest BCUT2D eigenvalue weighted by Gasteiger charge is 2.06. The number of halogens is 2. The molecule has 0 fully saturated rings. The number of rotatable bonds is 3.